The number of carbonyl (C=O) groups is 2. The standard InChI is InChI=1S/C19H28N2O4/c1-21(15-8-6-4-3-5-7-9-15)19(23)14-10-11-16(17(12-14)24-2)25-13-18(20)22/h10-12,15H,3-9,13H2,1-2H3,(H2,20,22). The molecule has 6 nitrogen and oxygen atoms in total. The van der Waals surface area contributed by atoms with Gasteiger partial charge < -0.3 is 20.1 Å². The van der Waals surface area contributed by atoms with Crippen LogP contribution in [0.1, 0.15) is 55.3 Å². The molecule has 25 heavy (non-hydrogen) atoms. The number of hydrogen-bond acceptors (Lipinski definition) is 4. The Morgan fingerprint density at radius 1 is 1.12 bits per heavy atom. The number of nitrogens with zero attached hydrogens (tertiary/aromatic N) is 1. The third-order valence-electron chi connectivity index (χ3n) is 4.72. The fourth-order valence-corrected chi connectivity index (χ4v) is 3.26. The smallest absolute Gasteiger partial charge is 0.255 e. The zero-order chi connectivity index (χ0) is 18.2. The lowest BCUT2D eigenvalue weighted by atomic mass is 9.95. The largest absolute Gasteiger partial charge is 0.493 e. The average Bonchev–Trinajstić information content (AvgIpc) is 2.58. The predicted octanol–water partition coefficient (Wildman–Crippen LogP) is 2.74. The van der Waals surface area contributed by atoms with Gasteiger partial charge in [0.25, 0.3) is 11.8 Å². The van der Waals surface area contributed by atoms with Crippen LogP contribution >= 0.6 is 0 Å². The van der Waals surface area contributed by atoms with E-state index in [-0.39, 0.29) is 18.6 Å². The second kappa shape index (κ2) is 9.30. The van der Waals surface area contributed by atoms with Crippen LogP contribution in [-0.2, 0) is 4.79 Å². The first-order valence-corrected chi connectivity index (χ1v) is 8.89. The zero-order valence-corrected chi connectivity index (χ0v) is 15.1. The molecule has 0 spiro atoms. The summed E-state index contributed by atoms with van der Waals surface area (Å²) in [6.45, 7) is -0.231. The Labute approximate surface area is 149 Å². The number of nitrogens with two attached hydrogens (primary N) is 1. The molecule has 2 amide bonds. The van der Waals surface area contributed by atoms with Gasteiger partial charge in [0, 0.05) is 18.7 Å². The molecule has 6 heteroatoms. The van der Waals surface area contributed by atoms with E-state index in [0.29, 0.717) is 17.1 Å². The fourth-order valence-electron chi connectivity index (χ4n) is 3.26. The summed E-state index contributed by atoms with van der Waals surface area (Å²) in [6, 6.07) is 5.27. The topological polar surface area (TPSA) is 81.9 Å². The van der Waals surface area contributed by atoms with Gasteiger partial charge in [0.15, 0.2) is 18.1 Å². The van der Waals surface area contributed by atoms with Crippen molar-refractivity contribution in [2.24, 2.45) is 5.73 Å². The third kappa shape index (κ3) is 5.37. The highest BCUT2D eigenvalue weighted by atomic mass is 16.5. The molecule has 138 valence electrons. The van der Waals surface area contributed by atoms with Crippen molar-refractivity contribution >= 4 is 11.8 Å². The average molecular weight is 348 g/mol. The highest BCUT2D eigenvalue weighted by molar-refractivity contribution is 5.95. The Balaban J connectivity index is 2.10. The predicted molar refractivity (Wildman–Crippen MR) is 95.9 cm³/mol. The molecule has 0 aliphatic heterocycles. The molecule has 0 atom stereocenters. The number of methoxy groups -OCH3 is 1. The Hall–Kier alpha value is -2.24. The zero-order valence-electron chi connectivity index (χ0n) is 15.1. The van der Waals surface area contributed by atoms with E-state index in [9.17, 15) is 9.59 Å². The van der Waals surface area contributed by atoms with Crippen LogP contribution in [0.15, 0.2) is 18.2 Å². The van der Waals surface area contributed by atoms with Gasteiger partial charge in [-0.25, -0.2) is 0 Å². The first-order chi connectivity index (χ1) is 12.0. The maximum atomic E-state index is 12.8. The normalized spacial score (nSPS) is 15.8. The summed E-state index contributed by atoms with van der Waals surface area (Å²) in [7, 11) is 3.37. The molecule has 0 saturated heterocycles. The van der Waals surface area contributed by atoms with Gasteiger partial charge in [-0.3, -0.25) is 9.59 Å². The Bertz CT molecular complexity index is 595. The van der Waals surface area contributed by atoms with Crippen LogP contribution in [0.4, 0.5) is 0 Å². The molecule has 2 N–H and O–H groups in total. The van der Waals surface area contributed by atoms with Crippen LogP contribution in [-0.4, -0.2) is 43.5 Å². The molecule has 0 radical (unpaired) electrons. The number of benzene rings is 1. The van der Waals surface area contributed by atoms with Crippen molar-refractivity contribution in [2.75, 3.05) is 20.8 Å². The van der Waals surface area contributed by atoms with Crippen molar-refractivity contribution in [1.82, 2.24) is 4.90 Å². The van der Waals surface area contributed by atoms with Gasteiger partial charge in [-0.05, 0) is 31.0 Å². The van der Waals surface area contributed by atoms with Gasteiger partial charge in [0.1, 0.15) is 0 Å². The second-order valence-corrected chi connectivity index (χ2v) is 6.54. The van der Waals surface area contributed by atoms with Crippen LogP contribution in [0.25, 0.3) is 0 Å². The van der Waals surface area contributed by atoms with E-state index in [1.165, 1.54) is 39.2 Å². The molecule has 1 saturated carbocycles. The van der Waals surface area contributed by atoms with Gasteiger partial charge in [0.2, 0.25) is 0 Å². The summed E-state index contributed by atoms with van der Waals surface area (Å²) in [5.41, 5.74) is 5.64. The number of ether oxygens (including phenoxy) is 2. The molecule has 1 aliphatic carbocycles. The minimum atomic E-state index is -0.564. The summed E-state index contributed by atoms with van der Waals surface area (Å²) in [5, 5.41) is 0. The highest BCUT2D eigenvalue weighted by Gasteiger charge is 2.22. The molecule has 1 fully saturated rings. The molecule has 0 bridgehead atoms. The van der Waals surface area contributed by atoms with Gasteiger partial charge in [-0.2, -0.15) is 0 Å². The quantitative estimate of drug-likeness (QED) is 0.857. The van der Waals surface area contributed by atoms with Crippen LogP contribution in [0.5, 0.6) is 11.5 Å². The Kier molecular flexibility index (Phi) is 7.10. The highest BCUT2D eigenvalue weighted by Crippen LogP contribution is 2.29. The van der Waals surface area contributed by atoms with Crippen molar-refractivity contribution in [1.29, 1.82) is 0 Å². The van der Waals surface area contributed by atoms with Gasteiger partial charge >= 0.3 is 0 Å². The van der Waals surface area contributed by atoms with Crippen LogP contribution in [0.2, 0.25) is 0 Å². The van der Waals surface area contributed by atoms with Crippen LogP contribution in [0.3, 0.4) is 0 Å². The van der Waals surface area contributed by atoms with E-state index >= 15 is 0 Å². The van der Waals surface area contributed by atoms with E-state index in [1.54, 1.807) is 18.2 Å². The van der Waals surface area contributed by atoms with Crippen molar-refractivity contribution in [3.63, 3.8) is 0 Å². The Morgan fingerprint density at radius 2 is 1.76 bits per heavy atom. The lowest BCUT2D eigenvalue weighted by Crippen LogP contribution is -2.37. The van der Waals surface area contributed by atoms with E-state index in [2.05, 4.69) is 0 Å². The summed E-state index contributed by atoms with van der Waals surface area (Å²) in [5.74, 6) is 0.223. The molecule has 2 rings (SSSR count). The number of amides is 2. The lowest BCUT2D eigenvalue weighted by molar-refractivity contribution is -0.119. The maximum absolute atomic E-state index is 12.8. The van der Waals surface area contributed by atoms with Gasteiger partial charge in [-0.1, -0.05) is 32.1 Å². The van der Waals surface area contributed by atoms with E-state index in [0.717, 1.165) is 12.8 Å². The maximum Gasteiger partial charge on any atom is 0.255 e. The second-order valence-electron chi connectivity index (χ2n) is 6.54. The first kappa shape index (κ1) is 19.1. The monoisotopic (exact) mass is 348 g/mol. The number of carbonyl (C=O) groups excluding carboxylic acids is 2. The lowest BCUT2D eigenvalue weighted by Gasteiger charge is -2.30. The molecular formula is C19H28N2O4. The SMILES string of the molecule is COc1cc(C(=O)N(C)C2CCCCCCC2)ccc1OCC(N)=O. The molecule has 0 unspecified atom stereocenters. The minimum absolute atomic E-state index is 0.0228. The number of rotatable bonds is 6. The summed E-state index contributed by atoms with van der Waals surface area (Å²) in [6.07, 6.45) is 8.25. The summed E-state index contributed by atoms with van der Waals surface area (Å²) in [4.78, 5) is 25.6. The number of hydrogen-bond donors (Lipinski definition) is 1. The van der Waals surface area contributed by atoms with Gasteiger partial charge in [-0.15, -0.1) is 0 Å². The first-order valence-electron chi connectivity index (χ1n) is 8.89. The van der Waals surface area contributed by atoms with Gasteiger partial charge in [0.05, 0.1) is 7.11 Å². The molecule has 1 aromatic carbocycles. The molecule has 0 heterocycles. The molecular weight excluding hydrogens is 320 g/mol. The van der Waals surface area contributed by atoms with Crippen LogP contribution in [0, 0.1) is 0 Å². The molecule has 1 aliphatic rings. The number of primary amides is 1. The summed E-state index contributed by atoms with van der Waals surface area (Å²) < 4.78 is 10.6. The van der Waals surface area contributed by atoms with Crippen molar-refractivity contribution in [2.45, 2.75) is 51.0 Å². The van der Waals surface area contributed by atoms with Crippen LogP contribution < -0.4 is 15.2 Å². The minimum Gasteiger partial charge on any atom is -0.493 e. The van der Waals surface area contributed by atoms with Crippen molar-refractivity contribution < 1.29 is 19.1 Å². The van der Waals surface area contributed by atoms with Crippen molar-refractivity contribution in [3.8, 4) is 11.5 Å². The molecule has 0 aromatic heterocycles. The van der Waals surface area contributed by atoms with E-state index in [4.69, 9.17) is 15.2 Å². The third-order valence-corrected chi connectivity index (χ3v) is 4.72. The van der Waals surface area contributed by atoms with E-state index in [1.807, 2.05) is 11.9 Å². The Morgan fingerprint density at radius 3 is 2.36 bits per heavy atom. The fraction of sp³-hybridized carbons (Fsp3) is 0.579. The molecule has 1 aromatic rings. The summed E-state index contributed by atoms with van der Waals surface area (Å²) >= 11 is 0. The van der Waals surface area contributed by atoms with E-state index < -0.39 is 5.91 Å². The van der Waals surface area contributed by atoms with Crippen molar-refractivity contribution in [3.05, 3.63) is 23.8 Å².